The number of H-pyrrole nitrogens is 2. The average molecular weight is 681 g/mol. The molecule has 8 nitrogen and oxygen atoms in total. The molecule has 0 aromatic carbocycles. The van der Waals surface area contributed by atoms with Crippen molar-refractivity contribution in [3.63, 3.8) is 0 Å². The molecule has 2 aliphatic heterocycles. The Morgan fingerprint density at radius 3 is 1.65 bits per heavy atom. The third kappa shape index (κ3) is 6.96. The van der Waals surface area contributed by atoms with Crippen molar-refractivity contribution >= 4 is 68.2 Å². The molecule has 2 N–H and O–H groups in total. The Morgan fingerprint density at radius 2 is 1.16 bits per heavy atom. The molecule has 5 rings (SSSR count). The van der Waals surface area contributed by atoms with Crippen LogP contribution >= 0.6 is 0 Å². The number of carbonyl (C=O) groups excluding carboxylic acids is 2. The number of carbonyl (C=O) groups is 2. The number of methoxy groups -OCH3 is 2. The summed E-state index contributed by atoms with van der Waals surface area (Å²) < 4.78 is 79.7. The first-order chi connectivity index (χ1) is 23.2. The molecule has 0 saturated heterocycles. The molecule has 5 heterocycles. The lowest BCUT2D eigenvalue weighted by molar-refractivity contribution is -0.141. The van der Waals surface area contributed by atoms with E-state index >= 15 is 4.39 Å². The van der Waals surface area contributed by atoms with Gasteiger partial charge in [0.25, 0.3) is 6.08 Å². The van der Waals surface area contributed by atoms with Gasteiger partial charge < -0.3 is 19.4 Å². The number of aromatic nitrogens is 4. The number of aryl methyl sites for hydroxylation is 2. The van der Waals surface area contributed by atoms with Crippen molar-refractivity contribution in [3.8, 4) is 0 Å². The monoisotopic (exact) mass is 680 g/mol. The fourth-order valence-electron chi connectivity index (χ4n) is 6.09. The lowest BCUT2D eigenvalue weighted by Crippen LogP contribution is -2.01. The molecular weight excluding hydrogens is 647 g/mol. The number of halogens is 5. The van der Waals surface area contributed by atoms with Crippen molar-refractivity contribution in [2.24, 2.45) is 0 Å². The highest BCUT2D eigenvalue weighted by Crippen LogP contribution is 2.39. The van der Waals surface area contributed by atoms with Gasteiger partial charge in [-0.3, -0.25) is 9.59 Å². The molecule has 13 heteroatoms. The van der Waals surface area contributed by atoms with E-state index in [1.807, 2.05) is 6.92 Å². The molecule has 3 aromatic rings. The molecule has 3 aromatic heterocycles. The zero-order valence-electron chi connectivity index (χ0n) is 27.6. The van der Waals surface area contributed by atoms with Crippen LogP contribution in [-0.2, 0) is 19.1 Å². The maximum absolute atomic E-state index is 15.1. The summed E-state index contributed by atoms with van der Waals surface area (Å²) >= 11 is 0. The summed E-state index contributed by atoms with van der Waals surface area (Å²) in [6.07, 6.45) is -3.24. The lowest BCUT2D eigenvalue weighted by atomic mass is 9.98. The minimum atomic E-state index is -2.53. The molecule has 0 atom stereocenters. The van der Waals surface area contributed by atoms with Gasteiger partial charge in [-0.05, 0) is 98.2 Å². The Labute approximate surface area is 278 Å². The SMILES string of the molecule is COC(=O)CCC1=C(C)c2cc3[nH]c(cc4[nH]c(cc5nc(cc1n2)C(CCC(=O)OC)=C5C)c(C(F)=C(F)F)c4C)c(C=C(F)F)c3C. The zero-order chi connectivity index (χ0) is 35.7. The molecule has 0 unspecified atom stereocenters. The van der Waals surface area contributed by atoms with Crippen LogP contribution in [0.2, 0.25) is 0 Å². The van der Waals surface area contributed by atoms with Crippen LogP contribution in [-0.4, -0.2) is 46.1 Å². The van der Waals surface area contributed by atoms with Gasteiger partial charge in [-0.15, -0.1) is 0 Å². The first-order valence-corrected chi connectivity index (χ1v) is 15.3. The molecule has 2 aliphatic rings. The summed E-state index contributed by atoms with van der Waals surface area (Å²) in [7, 11) is 2.56. The Kier molecular flexibility index (Phi) is 10.0. The summed E-state index contributed by atoms with van der Waals surface area (Å²) in [5.41, 5.74) is 5.56. The van der Waals surface area contributed by atoms with Crippen LogP contribution in [0.5, 0.6) is 0 Å². The van der Waals surface area contributed by atoms with E-state index in [1.54, 1.807) is 26.0 Å². The van der Waals surface area contributed by atoms with Crippen LogP contribution in [0.15, 0.2) is 36.4 Å². The number of rotatable bonds is 8. The maximum atomic E-state index is 15.1. The number of fused-ring (bicyclic) bond motifs is 8. The van der Waals surface area contributed by atoms with Crippen LogP contribution in [0.1, 0.15) is 84.6 Å². The summed E-state index contributed by atoms with van der Waals surface area (Å²) in [6, 6.07) is 6.29. The Bertz CT molecular complexity index is 2180. The van der Waals surface area contributed by atoms with Crippen molar-refractivity contribution in [1.29, 1.82) is 0 Å². The molecule has 8 bridgehead atoms. The van der Waals surface area contributed by atoms with Crippen molar-refractivity contribution in [1.82, 2.24) is 19.9 Å². The van der Waals surface area contributed by atoms with E-state index in [1.165, 1.54) is 33.3 Å². The largest absolute Gasteiger partial charge is 0.469 e. The molecule has 0 saturated carbocycles. The molecule has 0 fully saturated rings. The van der Waals surface area contributed by atoms with E-state index in [9.17, 15) is 27.2 Å². The fourth-order valence-corrected chi connectivity index (χ4v) is 6.09. The number of allylic oxidation sites excluding steroid dienone is 4. The van der Waals surface area contributed by atoms with E-state index in [4.69, 9.17) is 19.4 Å². The average Bonchev–Trinajstić information content (AvgIpc) is 3.72. The maximum Gasteiger partial charge on any atom is 0.306 e. The molecular formula is C36H33F5N4O4. The molecule has 0 radical (unpaired) electrons. The molecule has 256 valence electrons. The standard InChI is InChI=1S/C36H33F5N4O4/c1-16-20(7-9-32(46)48-5)27-15-28-21(8-10-33(47)49-6)17(2)25(43-28)14-30-34(35(39)36(40)41)19(4)26(45-30)13-29-22(11-31(37)38)18(3)24(44-29)12-23(16)42-27/h11-15,44-45H,7-10H2,1-6H3. The van der Waals surface area contributed by atoms with E-state index in [0.717, 1.165) is 5.57 Å². The predicted octanol–water partition coefficient (Wildman–Crippen LogP) is 9.47. The Hall–Kier alpha value is -5.33. The number of hydrogen-bond acceptors (Lipinski definition) is 6. The van der Waals surface area contributed by atoms with Gasteiger partial charge in [0, 0.05) is 46.6 Å². The van der Waals surface area contributed by atoms with Gasteiger partial charge in [0.05, 0.1) is 42.5 Å². The van der Waals surface area contributed by atoms with Crippen LogP contribution in [0, 0.1) is 13.8 Å². The van der Waals surface area contributed by atoms with Crippen LogP contribution in [0.25, 0.3) is 56.3 Å². The van der Waals surface area contributed by atoms with Crippen molar-refractivity contribution < 1.29 is 41.0 Å². The molecule has 0 spiro atoms. The van der Waals surface area contributed by atoms with Crippen LogP contribution in [0.4, 0.5) is 22.0 Å². The number of nitrogens with one attached hydrogen (secondary N) is 2. The summed E-state index contributed by atoms with van der Waals surface area (Å²) in [6.45, 7) is 6.67. The first-order valence-electron chi connectivity index (χ1n) is 15.3. The highest BCUT2D eigenvalue weighted by Gasteiger charge is 2.24. The molecule has 49 heavy (non-hydrogen) atoms. The highest BCUT2D eigenvalue weighted by atomic mass is 19.3. The van der Waals surface area contributed by atoms with Crippen molar-refractivity contribution in [3.05, 3.63) is 81.5 Å². The number of hydrogen-bond donors (Lipinski definition) is 2. The van der Waals surface area contributed by atoms with Crippen molar-refractivity contribution in [2.45, 2.75) is 53.4 Å². The summed E-state index contributed by atoms with van der Waals surface area (Å²) in [5, 5.41) is 0. The van der Waals surface area contributed by atoms with Gasteiger partial charge in [0.1, 0.15) is 0 Å². The third-order valence-electron chi connectivity index (χ3n) is 8.84. The number of ether oxygens (including phenoxy) is 2. The highest BCUT2D eigenvalue weighted by molar-refractivity contribution is 5.97. The Morgan fingerprint density at radius 1 is 0.673 bits per heavy atom. The quantitative estimate of drug-likeness (QED) is 0.181. The number of esters is 2. The van der Waals surface area contributed by atoms with Gasteiger partial charge in [-0.2, -0.15) is 17.6 Å². The number of nitrogens with zero attached hydrogens (tertiary/aromatic N) is 2. The minimum Gasteiger partial charge on any atom is -0.469 e. The van der Waals surface area contributed by atoms with E-state index < -0.39 is 35.5 Å². The predicted molar refractivity (Wildman–Crippen MR) is 178 cm³/mol. The first kappa shape index (κ1) is 35.0. The molecule has 0 aliphatic carbocycles. The lowest BCUT2D eigenvalue weighted by Gasteiger charge is -2.06. The summed E-state index contributed by atoms with van der Waals surface area (Å²) in [4.78, 5) is 40.1. The van der Waals surface area contributed by atoms with Crippen LogP contribution < -0.4 is 0 Å². The topological polar surface area (TPSA) is 110 Å². The van der Waals surface area contributed by atoms with Crippen molar-refractivity contribution in [2.75, 3.05) is 14.2 Å². The van der Waals surface area contributed by atoms with Gasteiger partial charge in [-0.25, -0.2) is 14.4 Å². The summed E-state index contributed by atoms with van der Waals surface area (Å²) in [5.74, 6) is -2.63. The van der Waals surface area contributed by atoms with E-state index in [-0.39, 0.29) is 53.4 Å². The van der Waals surface area contributed by atoms with Crippen LogP contribution in [0.3, 0.4) is 0 Å². The number of aromatic amines is 2. The van der Waals surface area contributed by atoms with Gasteiger partial charge in [0.2, 0.25) is 0 Å². The fraction of sp³-hybridized carbons (Fsp3) is 0.278. The minimum absolute atomic E-state index is 0.0197. The second-order valence-corrected chi connectivity index (χ2v) is 11.7. The van der Waals surface area contributed by atoms with Gasteiger partial charge in [0.15, 0.2) is 5.83 Å². The third-order valence-corrected chi connectivity index (χ3v) is 8.84. The second-order valence-electron chi connectivity index (χ2n) is 11.7. The molecule has 0 amide bonds. The normalized spacial score (nSPS) is 12.7. The van der Waals surface area contributed by atoms with Gasteiger partial charge in [-0.1, -0.05) is 0 Å². The van der Waals surface area contributed by atoms with E-state index in [0.29, 0.717) is 56.7 Å². The van der Waals surface area contributed by atoms with E-state index in [2.05, 4.69) is 9.97 Å². The second kappa shape index (κ2) is 14.0. The Balaban J connectivity index is 1.96. The van der Waals surface area contributed by atoms with Gasteiger partial charge >= 0.3 is 18.0 Å². The zero-order valence-corrected chi connectivity index (χ0v) is 27.6. The smallest absolute Gasteiger partial charge is 0.306 e.